The number of nitrogens with one attached hydrogen (secondary N) is 1. The van der Waals surface area contributed by atoms with Crippen molar-refractivity contribution in [3.63, 3.8) is 0 Å². The summed E-state index contributed by atoms with van der Waals surface area (Å²) in [7, 11) is -4.70. The van der Waals surface area contributed by atoms with E-state index in [0.717, 1.165) is 25.1 Å². The first-order valence-electron chi connectivity index (χ1n) is 8.10. The molecule has 8 nitrogen and oxygen atoms in total. The van der Waals surface area contributed by atoms with Crippen molar-refractivity contribution < 1.29 is 45.5 Å². The van der Waals surface area contributed by atoms with E-state index in [2.05, 4.69) is 4.99 Å². The van der Waals surface area contributed by atoms with Crippen molar-refractivity contribution in [3.8, 4) is 0 Å². The highest BCUT2D eigenvalue weighted by Crippen LogP contribution is 2.33. The van der Waals surface area contributed by atoms with Crippen LogP contribution in [0.25, 0.3) is 0 Å². The van der Waals surface area contributed by atoms with E-state index in [0.29, 0.717) is 6.07 Å². The summed E-state index contributed by atoms with van der Waals surface area (Å²) in [5.74, 6) is -5.88. The molecule has 0 bridgehead atoms. The van der Waals surface area contributed by atoms with Crippen molar-refractivity contribution >= 4 is 39.1 Å². The monoisotopic (exact) mass is 460 g/mol. The number of aliphatic carboxylic acids is 1. The molecule has 2 aromatic rings. The second-order valence-electron chi connectivity index (χ2n) is 5.92. The van der Waals surface area contributed by atoms with Gasteiger partial charge in [0.15, 0.2) is 11.5 Å². The number of aliphatic imine (C=N–C) groups is 1. The first-order chi connectivity index (χ1) is 14.2. The van der Waals surface area contributed by atoms with Gasteiger partial charge in [-0.2, -0.15) is 18.2 Å². The highest BCUT2D eigenvalue weighted by molar-refractivity contribution is 7.92. The van der Waals surface area contributed by atoms with Crippen LogP contribution >= 0.6 is 0 Å². The number of hydrogen-bond acceptors (Lipinski definition) is 5. The van der Waals surface area contributed by atoms with Gasteiger partial charge in [0, 0.05) is 12.6 Å². The lowest BCUT2D eigenvalue weighted by Gasteiger charge is -2.13. The van der Waals surface area contributed by atoms with E-state index in [-0.39, 0.29) is 6.07 Å². The zero-order valence-electron chi connectivity index (χ0n) is 15.4. The number of benzene rings is 2. The zero-order chi connectivity index (χ0) is 23.6. The number of amides is 1. The number of hydrogen-bond donors (Lipinski definition) is 2. The second kappa shape index (κ2) is 8.63. The van der Waals surface area contributed by atoms with Crippen molar-refractivity contribution in [2.75, 3.05) is 4.72 Å². The number of carboxylic acid groups (broad SMARTS) is 1. The van der Waals surface area contributed by atoms with Crippen molar-refractivity contribution in [3.05, 3.63) is 59.4 Å². The molecule has 2 rings (SSSR count). The van der Waals surface area contributed by atoms with Crippen LogP contribution < -0.4 is 4.72 Å². The van der Waals surface area contributed by atoms with Gasteiger partial charge in [0.2, 0.25) is 0 Å². The number of carbonyl (C=O) groups excluding carboxylic acids is 2. The maximum Gasteiger partial charge on any atom is 0.419 e. The predicted molar refractivity (Wildman–Crippen MR) is 98.7 cm³/mol. The molecule has 0 aliphatic rings. The quantitative estimate of drug-likeness (QED) is 0.387. The minimum atomic E-state index is -5.09. The minimum absolute atomic E-state index is 0.230. The van der Waals surface area contributed by atoms with Crippen LogP contribution in [0.1, 0.15) is 22.8 Å². The number of ketones is 1. The fourth-order valence-electron chi connectivity index (χ4n) is 2.33. The molecule has 0 unspecified atom stereocenters. The summed E-state index contributed by atoms with van der Waals surface area (Å²) in [6.45, 7) is 0.831. The van der Waals surface area contributed by atoms with Gasteiger partial charge >= 0.3 is 12.1 Å². The van der Waals surface area contributed by atoms with Gasteiger partial charge < -0.3 is 5.11 Å². The Balaban J connectivity index is 2.51. The summed E-state index contributed by atoms with van der Waals surface area (Å²) in [5.41, 5.74) is -4.14. The van der Waals surface area contributed by atoms with Crippen molar-refractivity contribution in [1.82, 2.24) is 0 Å². The van der Waals surface area contributed by atoms with Crippen molar-refractivity contribution in [2.24, 2.45) is 4.99 Å². The normalized spacial score (nSPS) is 12.4. The molecular weight excluding hydrogens is 448 g/mol. The Kier molecular flexibility index (Phi) is 6.59. The molecule has 2 aromatic carbocycles. The number of anilines is 1. The van der Waals surface area contributed by atoms with Crippen LogP contribution in [-0.2, 0) is 25.8 Å². The molecule has 2 N–H and O–H groups in total. The van der Waals surface area contributed by atoms with Gasteiger partial charge in [-0.15, -0.1) is 0 Å². The molecule has 1 amide bonds. The van der Waals surface area contributed by atoms with Gasteiger partial charge in [-0.3, -0.25) is 14.3 Å². The number of carboxylic acids is 1. The molecule has 0 heterocycles. The first kappa shape index (κ1) is 23.7. The van der Waals surface area contributed by atoms with Gasteiger partial charge in [0.25, 0.3) is 15.9 Å². The molecule has 0 fully saturated rings. The van der Waals surface area contributed by atoms with E-state index >= 15 is 0 Å². The molecule has 0 spiro atoms. The maximum atomic E-state index is 13.4. The molecular formula is C18H12F4N2O6S. The average molecular weight is 460 g/mol. The van der Waals surface area contributed by atoms with E-state index in [1.54, 1.807) is 4.72 Å². The molecule has 31 heavy (non-hydrogen) atoms. The highest BCUT2D eigenvalue weighted by Gasteiger charge is 2.34. The first-order valence-corrected chi connectivity index (χ1v) is 9.58. The van der Waals surface area contributed by atoms with Crippen LogP contribution in [0, 0.1) is 5.82 Å². The summed E-state index contributed by atoms with van der Waals surface area (Å²) >= 11 is 0. The smallest absolute Gasteiger partial charge is 0.419 e. The lowest BCUT2D eigenvalue weighted by Crippen LogP contribution is -2.23. The Hall–Kier alpha value is -3.61. The molecule has 0 radical (unpaired) electrons. The lowest BCUT2D eigenvalue weighted by atomic mass is 10.2. The number of carbonyl (C=O) groups is 3. The Morgan fingerprint density at radius 2 is 1.68 bits per heavy atom. The van der Waals surface area contributed by atoms with Gasteiger partial charge in [0.05, 0.1) is 11.1 Å². The summed E-state index contributed by atoms with van der Waals surface area (Å²) in [6, 6.07) is 5.66. The Bertz CT molecular complexity index is 1190. The standard InChI is InChI=1S/C18H12F4N2O6S/c1-9(25)15(17(27)28)23-16(26)11-4-2-3-5-14(11)31(29,30)24-10-6-7-13(19)12(8-10)18(20,21)22/h2-8,24H,1H3,(H,27,28). The van der Waals surface area contributed by atoms with Crippen molar-refractivity contribution in [2.45, 2.75) is 18.0 Å². The predicted octanol–water partition coefficient (Wildman–Crippen LogP) is 2.90. The van der Waals surface area contributed by atoms with Gasteiger partial charge in [-0.1, -0.05) is 12.1 Å². The summed E-state index contributed by atoms with van der Waals surface area (Å²) < 4.78 is 79.1. The van der Waals surface area contributed by atoms with Crippen LogP contribution in [0.5, 0.6) is 0 Å². The Labute approximate surface area is 172 Å². The number of alkyl halides is 3. The van der Waals surface area contributed by atoms with E-state index in [1.807, 2.05) is 0 Å². The number of halogens is 4. The topological polar surface area (TPSA) is 130 Å². The summed E-state index contributed by atoms with van der Waals surface area (Å²) in [5, 5.41) is 8.92. The Morgan fingerprint density at radius 3 is 2.23 bits per heavy atom. The summed E-state index contributed by atoms with van der Waals surface area (Å²) in [6.07, 6.45) is -5.09. The molecule has 0 atom stereocenters. The number of nitrogens with zero attached hydrogens (tertiary/aromatic N) is 1. The summed E-state index contributed by atoms with van der Waals surface area (Å²) in [4.78, 5) is 37.0. The van der Waals surface area contributed by atoms with Crippen LogP contribution in [0.2, 0.25) is 0 Å². The minimum Gasteiger partial charge on any atom is -0.476 e. The van der Waals surface area contributed by atoms with E-state index in [1.165, 1.54) is 12.1 Å². The van der Waals surface area contributed by atoms with Crippen LogP contribution in [0.15, 0.2) is 52.4 Å². The molecule has 0 aromatic heterocycles. The fraction of sp³-hybridized carbons (Fsp3) is 0.111. The molecule has 0 saturated heterocycles. The van der Waals surface area contributed by atoms with E-state index < -0.39 is 67.1 Å². The SMILES string of the molecule is CC(=O)C(=NC(=O)c1ccccc1S(=O)(=O)Nc1ccc(F)c(C(F)(F)F)c1)C(=O)O. The van der Waals surface area contributed by atoms with Crippen molar-refractivity contribution in [1.29, 1.82) is 0 Å². The molecule has 0 aliphatic heterocycles. The van der Waals surface area contributed by atoms with Gasteiger partial charge in [0.1, 0.15) is 10.7 Å². The number of rotatable bonds is 6. The molecule has 164 valence electrons. The second-order valence-corrected chi connectivity index (χ2v) is 7.57. The van der Waals surface area contributed by atoms with Gasteiger partial charge in [-0.25, -0.2) is 17.6 Å². The highest BCUT2D eigenvalue weighted by atomic mass is 32.2. The van der Waals surface area contributed by atoms with Crippen LogP contribution in [-0.4, -0.2) is 36.9 Å². The van der Waals surface area contributed by atoms with E-state index in [9.17, 15) is 40.4 Å². The third kappa shape index (κ3) is 5.51. The van der Waals surface area contributed by atoms with Crippen LogP contribution in [0.3, 0.4) is 0 Å². The fourth-order valence-corrected chi connectivity index (χ4v) is 3.58. The van der Waals surface area contributed by atoms with Crippen LogP contribution in [0.4, 0.5) is 23.2 Å². The lowest BCUT2D eigenvalue weighted by molar-refractivity contribution is -0.140. The molecule has 0 saturated carbocycles. The third-order valence-electron chi connectivity index (χ3n) is 3.68. The maximum absolute atomic E-state index is 13.4. The largest absolute Gasteiger partial charge is 0.476 e. The van der Waals surface area contributed by atoms with E-state index in [4.69, 9.17) is 5.11 Å². The third-order valence-corrected chi connectivity index (χ3v) is 5.12. The van der Waals surface area contributed by atoms with Gasteiger partial charge in [-0.05, 0) is 30.3 Å². The zero-order valence-corrected chi connectivity index (χ0v) is 16.2. The molecule has 0 aliphatic carbocycles. The Morgan fingerprint density at radius 1 is 1.06 bits per heavy atom. The number of sulfonamides is 1. The molecule has 13 heteroatoms. The number of Topliss-reactive ketones (excluding diaryl/α,β-unsaturated/α-hetero) is 1. The average Bonchev–Trinajstić information content (AvgIpc) is 2.65.